The smallest absolute Gasteiger partial charge is 0.229 e. The minimum atomic E-state index is -0.263. The molecule has 1 saturated heterocycles. The van der Waals surface area contributed by atoms with Gasteiger partial charge in [-0.1, -0.05) is 60.7 Å². The highest BCUT2D eigenvalue weighted by Gasteiger charge is 2.31. The molecule has 5 nitrogen and oxygen atoms in total. The number of nitrogens with one attached hydrogen (secondary N) is 1. The number of rotatable bonds is 7. The maximum atomic E-state index is 11.9. The number of hydrogen-bond donors (Lipinski definition) is 1. The Kier molecular flexibility index (Phi) is 5.36. The minimum absolute atomic E-state index is 0.120. The predicted molar refractivity (Wildman–Crippen MR) is 89.5 cm³/mol. The Balaban J connectivity index is 1.66. The van der Waals surface area contributed by atoms with Gasteiger partial charge < -0.3 is 0 Å². The Morgan fingerprint density at radius 2 is 1.50 bits per heavy atom. The van der Waals surface area contributed by atoms with Gasteiger partial charge in [0.2, 0.25) is 11.8 Å². The lowest BCUT2D eigenvalue weighted by molar-refractivity contribution is -0.139. The van der Waals surface area contributed by atoms with E-state index >= 15 is 0 Å². The van der Waals surface area contributed by atoms with Crippen LogP contribution in [-0.2, 0) is 21.0 Å². The first-order valence-electron chi connectivity index (χ1n) is 8.03. The summed E-state index contributed by atoms with van der Waals surface area (Å²) in [6.45, 7) is 0.683. The Labute approximate surface area is 141 Å². The molecule has 2 aromatic carbocycles. The van der Waals surface area contributed by atoms with E-state index in [-0.39, 0.29) is 24.4 Å². The quantitative estimate of drug-likeness (QED) is 0.628. The first-order valence-corrected chi connectivity index (χ1v) is 8.03. The lowest BCUT2D eigenvalue weighted by atomic mass is 10.1. The summed E-state index contributed by atoms with van der Waals surface area (Å²) in [5.74, 6) is -0.239. The minimum Gasteiger partial charge on any atom is -0.296 e. The van der Waals surface area contributed by atoms with E-state index in [1.807, 2.05) is 60.7 Å². The molecular formula is C19H20N2O3. The Morgan fingerprint density at radius 1 is 0.917 bits per heavy atom. The molecule has 1 unspecified atom stereocenters. The second kappa shape index (κ2) is 7.86. The lowest BCUT2D eigenvalue weighted by Crippen LogP contribution is -2.38. The summed E-state index contributed by atoms with van der Waals surface area (Å²) in [7, 11) is 0. The second-order valence-electron chi connectivity index (χ2n) is 5.75. The number of carbonyl (C=O) groups excluding carboxylic acids is 2. The van der Waals surface area contributed by atoms with Crippen LogP contribution in [0.5, 0.6) is 0 Å². The third-order valence-electron chi connectivity index (χ3n) is 4.03. The van der Waals surface area contributed by atoms with Gasteiger partial charge in [0.1, 0.15) is 0 Å². The number of hydroxylamine groups is 1. The summed E-state index contributed by atoms with van der Waals surface area (Å²) in [4.78, 5) is 30.7. The molecule has 2 aromatic rings. The van der Waals surface area contributed by atoms with E-state index in [1.54, 1.807) is 0 Å². The molecule has 1 aliphatic rings. The lowest BCUT2D eigenvalue weighted by Gasteiger charge is -2.23. The maximum absolute atomic E-state index is 11.9. The number of nitrogens with zero attached hydrogens (tertiary/aromatic N) is 1. The van der Waals surface area contributed by atoms with Crippen LogP contribution < -0.4 is 5.48 Å². The van der Waals surface area contributed by atoms with Crippen molar-refractivity contribution in [3.05, 3.63) is 71.8 Å². The number of benzene rings is 2. The van der Waals surface area contributed by atoms with E-state index in [4.69, 9.17) is 4.84 Å². The third kappa shape index (κ3) is 4.07. The van der Waals surface area contributed by atoms with Crippen LogP contribution in [0.15, 0.2) is 60.7 Å². The van der Waals surface area contributed by atoms with Crippen molar-refractivity contribution in [3.8, 4) is 0 Å². The summed E-state index contributed by atoms with van der Waals surface area (Å²) in [6, 6.07) is 19.2. The van der Waals surface area contributed by atoms with Crippen molar-refractivity contribution in [1.82, 2.24) is 10.4 Å². The highest BCUT2D eigenvalue weighted by molar-refractivity contribution is 6.01. The van der Waals surface area contributed by atoms with Crippen LogP contribution in [0.2, 0.25) is 0 Å². The number of hydrogen-bond acceptors (Lipinski definition) is 4. The largest absolute Gasteiger partial charge is 0.296 e. The van der Waals surface area contributed by atoms with Gasteiger partial charge in [-0.05, 0) is 11.1 Å². The standard InChI is InChI=1S/C19H20N2O3/c22-18-11-12-19(23)21(18)13-17(16-9-5-2-6-10-16)20-24-14-15-7-3-1-4-8-15/h1-10,17,20H,11-14H2. The van der Waals surface area contributed by atoms with Crippen LogP contribution in [0.1, 0.15) is 30.0 Å². The molecule has 1 heterocycles. The van der Waals surface area contributed by atoms with Crippen LogP contribution in [0.3, 0.4) is 0 Å². The van der Waals surface area contributed by atoms with Gasteiger partial charge in [0.05, 0.1) is 19.2 Å². The third-order valence-corrected chi connectivity index (χ3v) is 4.03. The van der Waals surface area contributed by atoms with Crippen LogP contribution >= 0.6 is 0 Å². The summed E-state index contributed by atoms with van der Waals surface area (Å²) in [6.07, 6.45) is 0.594. The topological polar surface area (TPSA) is 58.6 Å². The zero-order valence-corrected chi connectivity index (χ0v) is 13.4. The molecule has 124 valence electrons. The van der Waals surface area contributed by atoms with Crippen molar-refractivity contribution in [3.63, 3.8) is 0 Å². The SMILES string of the molecule is O=C1CCC(=O)N1CC(NOCc1ccccc1)c1ccccc1. The average molecular weight is 324 g/mol. The fourth-order valence-corrected chi connectivity index (χ4v) is 2.70. The zero-order valence-electron chi connectivity index (χ0n) is 13.4. The molecule has 5 heteroatoms. The summed E-state index contributed by atoms with van der Waals surface area (Å²) < 4.78 is 0. The first kappa shape index (κ1) is 16.4. The molecule has 1 aliphatic heterocycles. The van der Waals surface area contributed by atoms with Gasteiger partial charge in [0, 0.05) is 12.8 Å². The second-order valence-corrected chi connectivity index (χ2v) is 5.75. The number of amides is 2. The van der Waals surface area contributed by atoms with Gasteiger partial charge in [0.25, 0.3) is 0 Å². The highest BCUT2D eigenvalue weighted by atomic mass is 16.6. The Morgan fingerprint density at radius 3 is 2.12 bits per heavy atom. The van der Waals surface area contributed by atoms with Crippen LogP contribution in [-0.4, -0.2) is 23.3 Å². The zero-order chi connectivity index (χ0) is 16.8. The molecule has 1 atom stereocenters. The van der Waals surface area contributed by atoms with Crippen molar-refractivity contribution in [2.45, 2.75) is 25.5 Å². The fourth-order valence-electron chi connectivity index (χ4n) is 2.70. The molecule has 0 radical (unpaired) electrons. The van der Waals surface area contributed by atoms with Crippen molar-refractivity contribution in [2.75, 3.05) is 6.54 Å². The van der Waals surface area contributed by atoms with Crippen molar-refractivity contribution in [1.29, 1.82) is 0 Å². The molecule has 2 amide bonds. The van der Waals surface area contributed by atoms with Crippen LogP contribution in [0, 0.1) is 0 Å². The molecule has 24 heavy (non-hydrogen) atoms. The average Bonchev–Trinajstić information content (AvgIpc) is 2.94. The molecule has 0 aliphatic carbocycles. The molecular weight excluding hydrogens is 304 g/mol. The van der Waals surface area contributed by atoms with Crippen molar-refractivity contribution in [2.24, 2.45) is 0 Å². The number of carbonyl (C=O) groups is 2. The van der Waals surface area contributed by atoms with E-state index < -0.39 is 0 Å². The Hall–Kier alpha value is -2.50. The van der Waals surface area contributed by atoms with E-state index in [0.717, 1.165) is 11.1 Å². The van der Waals surface area contributed by atoms with Gasteiger partial charge >= 0.3 is 0 Å². The fraction of sp³-hybridized carbons (Fsp3) is 0.263. The van der Waals surface area contributed by atoms with E-state index in [2.05, 4.69) is 5.48 Å². The predicted octanol–water partition coefficient (Wildman–Crippen LogP) is 2.60. The molecule has 0 bridgehead atoms. The van der Waals surface area contributed by atoms with Gasteiger partial charge in [-0.3, -0.25) is 19.3 Å². The van der Waals surface area contributed by atoms with Gasteiger partial charge in [0.15, 0.2) is 0 Å². The summed E-state index contributed by atoms with van der Waals surface area (Å²) >= 11 is 0. The number of likely N-dealkylation sites (tertiary alicyclic amines) is 1. The Bertz CT molecular complexity index is 672. The molecule has 0 spiro atoms. The monoisotopic (exact) mass is 324 g/mol. The van der Waals surface area contributed by atoms with Gasteiger partial charge in [-0.2, -0.15) is 5.48 Å². The van der Waals surface area contributed by atoms with E-state index in [9.17, 15) is 9.59 Å². The van der Waals surface area contributed by atoms with Crippen molar-refractivity contribution < 1.29 is 14.4 Å². The number of imide groups is 1. The van der Waals surface area contributed by atoms with Gasteiger partial charge in [-0.25, -0.2) is 0 Å². The summed E-state index contributed by atoms with van der Waals surface area (Å²) in [5.41, 5.74) is 5.02. The maximum Gasteiger partial charge on any atom is 0.229 e. The molecule has 1 fully saturated rings. The highest BCUT2D eigenvalue weighted by Crippen LogP contribution is 2.19. The normalized spacial score (nSPS) is 15.8. The van der Waals surface area contributed by atoms with Crippen LogP contribution in [0.25, 0.3) is 0 Å². The molecule has 3 rings (SSSR count). The first-order chi connectivity index (χ1) is 11.7. The van der Waals surface area contributed by atoms with Gasteiger partial charge in [-0.15, -0.1) is 0 Å². The summed E-state index contributed by atoms with van der Waals surface area (Å²) in [5, 5.41) is 0. The van der Waals surface area contributed by atoms with Crippen LogP contribution in [0.4, 0.5) is 0 Å². The molecule has 0 aromatic heterocycles. The molecule has 1 N–H and O–H groups in total. The van der Waals surface area contributed by atoms with E-state index in [0.29, 0.717) is 19.4 Å². The molecule has 0 saturated carbocycles. The van der Waals surface area contributed by atoms with Crippen molar-refractivity contribution >= 4 is 11.8 Å². The van der Waals surface area contributed by atoms with E-state index in [1.165, 1.54) is 4.90 Å².